The van der Waals surface area contributed by atoms with Crippen LogP contribution < -0.4 is 0 Å². The molecule has 2 heteroatoms. The van der Waals surface area contributed by atoms with E-state index in [1.165, 1.54) is 5.56 Å². The minimum Gasteiger partial charge on any atom is -0.0893 e. The van der Waals surface area contributed by atoms with Gasteiger partial charge in [-0.25, -0.2) is 0 Å². The summed E-state index contributed by atoms with van der Waals surface area (Å²) in [5.41, 5.74) is 1.35. The molecule has 1 aromatic rings. The van der Waals surface area contributed by atoms with Crippen molar-refractivity contribution in [2.45, 2.75) is 23.0 Å². The van der Waals surface area contributed by atoms with Gasteiger partial charge in [0.2, 0.25) is 0 Å². The molecule has 12 heavy (non-hydrogen) atoms. The molecule has 0 N–H and O–H groups in total. The van der Waals surface area contributed by atoms with Crippen molar-refractivity contribution in [3.05, 3.63) is 35.9 Å². The highest BCUT2D eigenvalue weighted by Crippen LogP contribution is 2.29. The predicted molar refractivity (Wildman–Crippen MR) is 61.1 cm³/mol. The molecule has 0 aliphatic rings. The fraction of sp³-hybridized carbons (Fsp3) is 0.400. The maximum Gasteiger partial charge on any atom is 0.0405 e. The molecule has 66 valence electrons. The largest absolute Gasteiger partial charge is 0.0893 e. The van der Waals surface area contributed by atoms with Crippen molar-refractivity contribution in [1.82, 2.24) is 0 Å². The van der Waals surface area contributed by atoms with E-state index in [-0.39, 0.29) is 0 Å². The molecule has 0 saturated carbocycles. The minimum absolute atomic E-state index is 0.466. The Kier molecular flexibility index (Phi) is 4.30. The number of rotatable bonds is 3. The van der Waals surface area contributed by atoms with Crippen molar-refractivity contribution in [3.63, 3.8) is 0 Å². The Hall–Kier alpha value is 0.180. The van der Waals surface area contributed by atoms with Gasteiger partial charge in [0.25, 0.3) is 0 Å². The maximum atomic E-state index is 3.66. The van der Waals surface area contributed by atoms with E-state index in [0.29, 0.717) is 9.65 Å². The summed E-state index contributed by atoms with van der Waals surface area (Å²) in [6, 6.07) is 10.5. The number of alkyl halides is 2. The van der Waals surface area contributed by atoms with Gasteiger partial charge in [-0.05, 0) is 12.0 Å². The summed E-state index contributed by atoms with van der Waals surface area (Å²) in [6.45, 7) is 2.16. The van der Waals surface area contributed by atoms with Crippen LogP contribution in [0.5, 0.6) is 0 Å². The molecule has 0 saturated heterocycles. The fourth-order valence-electron chi connectivity index (χ4n) is 1.08. The van der Waals surface area contributed by atoms with Gasteiger partial charge in [-0.15, -0.1) is 0 Å². The van der Waals surface area contributed by atoms with Gasteiger partial charge in [0.05, 0.1) is 0 Å². The maximum absolute atomic E-state index is 3.66. The van der Waals surface area contributed by atoms with E-state index in [1.807, 2.05) is 6.07 Å². The Morgan fingerprint density at radius 2 is 1.75 bits per heavy atom. The van der Waals surface area contributed by atoms with Crippen molar-refractivity contribution in [1.29, 1.82) is 0 Å². The highest BCUT2D eigenvalue weighted by Gasteiger charge is 2.08. The zero-order chi connectivity index (χ0) is 8.97. The monoisotopic (exact) mass is 290 g/mol. The molecule has 0 heterocycles. The molecule has 0 aromatic heterocycles. The zero-order valence-electron chi connectivity index (χ0n) is 7.00. The van der Waals surface area contributed by atoms with Gasteiger partial charge in [-0.1, -0.05) is 69.1 Å². The van der Waals surface area contributed by atoms with Crippen molar-refractivity contribution in [2.75, 3.05) is 0 Å². The van der Waals surface area contributed by atoms with E-state index in [0.717, 1.165) is 6.42 Å². The summed E-state index contributed by atoms with van der Waals surface area (Å²) in [5.74, 6) is 0. The lowest BCUT2D eigenvalue weighted by Gasteiger charge is -2.10. The van der Waals surface area contributed by atoms with E-state index in [1.54, 1.807) is 0 Å². The third kappa shape index (κ3) is 3.28. The van der Waals surface area contributed by atoms with Gasteiger partial charge in [0.1, 0.15) is 0 Å². The van der Waals surface area contributed by atoms with Gasteiger partial charge >= 0.3 is 0 Å². The third-order valence-electron chi connectivity index (χ3n) is 1.69. The average molecular weight is 292 g/mol. The summed E-state index contributed by atoms with van der Waals surface area (Å²) in [6.07, 6.45) is 1.12. The standard InChI is InChI=1S/C10H12Br2/c1-8(11)7-10(12)9-5-3-2-4-6-9/h2-6,8,10H,7H2,1H3. The van der Waals surface area contributed by atoms with Crippen LogP contribution in [0.2, 0.25) is 0 Å². The first kappa shape index (κ1) is 10.3. The van der Waals surface area contributed by atoms with Crippen LogP contribution in [-0.4, -0.2) is 4.83 Å². The molecule has 1 rings (SSSR count). The molecule has 1 aromatic carbocycles. The first-order chi connectivity index (χ1) is 5.70. The van der Waals surface area contributed by atoms with Crippen molar-refractivity contribution in [2.24, 2.45) is 0 Å². The summed E-state index contributed by atoms with van der Waals surface area (Å²) < 4.78 is 0. The number of benzene rings is 1. The number of hydrogen-bond acceptors (Lipinski definition) is 0. The molecule has 0 bridgehead atoms. The first-order valence-corrected chi connectivity index (χ1v) is 5.86. The van der Waals surface area contributed by atoms with E-state index >= 15 is 0 Å². The van der Waals surface area contributed by atoms with Crippen LogP contribution in [0.1, 0.15) is 23.7 Å². The lowest BCUT2D eigenvalue weighted by molar-refractivity contribution is 0.815. The van der Waals surface area contributed by atoms with Crippen LogP contribution in [0.25, 0.3) is 0 Å². The zero-order valence-corrected chi connectivity index (χ0v) is 10.2. The molecule has 2 unspecified atom stereocenters. The summed E-state index contributed by atoms with van der Waals surface area (Å²) in [4.78, 5) is 1.02. The summed E-state index contributed by atoms with van der Waals surface area (Å²) in [5, 5.41) is 0. The van der Waals surface area contributed by atoms with Crippen molar-refractivity contribution >= 4 is 31.9 Å². The summed E-state index contributed by atoms with van der Waals surface area (Å²) >= 11 is 7.20. The second-order valence-corrected chi connectivity index (χ2v) is 5.56. The molecule has 0 spiro atoms. The van der Waals surface area contributed by atoms with Gasteiger partial charge in [-0.2, -0.15) is 0 Å². The topological polar surface area (TPSA) is 0 Å². The van der Waals surface area contributed by atoms with Crippen LogP contribution in [-0.2, 0) is 0 Å². The lowest BCUT2D eigenvalue weighted by atomic mass is 10.1. The van der Waals surface area contributed by atoms with Crippen LogP contribution in [0.15, 0.2) is 30.3 Å². The Bertz CT molecular complexity index is 219. The van der Waals surface area contributed by atoms with Gasteiger partial charge in [0.15, 0.2) is 0 Å². The van der Waals surface area contributed by atoms with Crippen molar-refractivity contribution < 1.29 is 0 Å². The molecular weight excluding hydrogens is 280 g/mol. The third-order valence-corrected chi connectivity index (χ3v) is 2.97. The smallest absolute Gasteiger partial charge is 0.0405 e. The molecule has 0 radical (unpaired) electrons. The van der Waals surface area contributed by atoms with E-state index in [4.69, 9.17) is 0 Å². The molecule has 0 fully saturated rings. The number of halogens is 2. The molecule has 0 amide bonds. The van der Waals surface area contributed by atoms with Crippen LogP contribution in [0, 0.1) is 0 Å². The Labute approximate surface area is 90.6 Å². The quantitative estimate of drug-likeness (QED) is 0.729. The fourth-order valence-corrected chi connectivity index (χ4v) is 2.82. The second-order valence-electron chi connectivity index (χ2n) is 2.89. The minimum atomic E-state index is 0.466. The van der Waals surface area contributed by atoms with Gasteiger partial charge in [0, 0.05) is 9.65 Å². The molecule has 0 nitrogen and oxygen atoms in total. The SMILES string of the molecule is CC(Br)CC(Br)c1ccccc1. The molecule has 0 aliphatic carbocycles. The first-order valence-electron chi connectivity index (χ1n) is 4.03. The van der Waals surface area contributed by atoms with Gasteiger partial charge in [-0.3, -0.25) is 0 Å². The van der Waals surface area contributed by atoms with E-state index < -0.39 is 0 Å². The molecular formula is C10H12Br2. The number of hydrogen-bond donors (Lipinski definition) is 0. The van der Waals surface area contributed by atoms with Crippen LogP contribution in [0.3, 0.4) is 0 Å². The Morgan fingerprint density at radius 1 is 1.17 bits per heavy atom. The Morgan fingerprint density at radius 3 is 2.25 bits per heavy atom. The van der Waals surface area contributed by atoms with E-state index in [9.17, 15) is 0 Å². The van der Waals surface area contributed by atoms with Crippen molar-refractivity contribution in [3.8, 4) is 0 Å². The Balaban J connectivity index is 2.59. The highest BCUT2D eigenvalue weighted by molar-refractivity contribution is 9.10. The van der Waals surface area contributed by atoms with Crippen LogP contribution >= 0.6 is 31.9 Å². The summed E-state index contributed by atoms with van der Waals surface area (Å²) in [7, 11) is 0. The molecule has 0 aliphatic heterocycles. The van der Waals surface area contributed by atoms with Crippen LogP contribution in [0.4, 0.5) is 0 Å². The lowest BCUT2D eigenvalue weighted by Crippen LogP contribution is -1.96. The van der Waals surface area contributed by atoms with Gasteiger partial charge < -0.3 is 0 Å². The van der Waals surface area contributed by atoms with E-state index in [2.05, 4.69) is 63.0 Å². The predicted octanol–water partition coefficient (Wildman–Crippen LogP) is 4.30. The normalized spacial score (nSPS) is 15.6. The second kappa shape index (κ2) is 5.03. The highest BCUT2D eigenvalue weighted by atomic mass is 79.9. The average Bonchev–Trinajstić information content (AvgIpc) is 2.05. The molecule has 2 atom stereocenters.